The first-order valence-corrected chi connectivity index (χ1v) is 7.34. The average Bonchev–Trinajstić information content (AvgIpc) is 2.46. The highest BCUT2D eigenvalue weighted by molar-refractivity contribution is 5.21. The lowest BCUT2D eigenvalue weighted by Gasteiger charge is -2.33. The molecular formula is C16H25FN2. The maximum Gasteiger partial charge on any atom is 0.128 e. The Morgan fingerprint density at radius 3 is 2.58 bits per heavy atom. The molecule has 1 N–H and O–H groups in total. The molecule has 19 heavy (non-hydrogen) atoms. The molecule has 0 heterocycles. The number of hydrogen-bond donors (Lipinski definition) is 1. The van der Waals surface area contributed by atoms with Gasteiger partial charge in [0.15, 0.2) is 0 Å². The quantitative estimate of drug-likeness (QED) is 0.877. The zero-order valence-electron chi connectivity index (χ0n) is 12.0. The van der Waals surface area contributed by atoms with E-state index in [0.717, 1.165) is 12.1 Å². The van der Waals surface area contributed by atoms with Crippen LogP contribution in [0.2, 0.25) is 0 Å². The molecular weight excluding hydrogens is 239 g/mol. The van der Waals surface area contributed by atoms with Crippen molar-refractivity contribution < 1.29 is 4.39 Å². The summed E-state index contributed by atoms with van der Waals surface area (Å²) in [7, 11) is 4.08. The van der Waals surface area contributed by atoms with Crippen LogP contribution in [0.3, 0.4) is 0 Å². The van der Waals surface area contributed by atoms with Crippen LogP contribution in [0.4, 0.5) is 4.39 Å². The standard InChI is InChI=1S/C16H25FN2/c1-18-16(14-10-6-7-11-15(14)17)12-19(2)13-8-4-3-5-9-13/h6-7,10-11,13,16,18H,3-5,8-9,12H2,1-2H3. The van der Waals surface area contributed by atoms with E-state index in [4.69, 9.17) is 0 Å². The predicted molar refractivity (Wildman–Crippen MR) is 77.7 cm³/mol. The van der Waals surface area contributed by atoms with Crippen molar-refractivity contribution in [3.8, 4) is 0 Å². The van der Waals surface area contributed by atoms with Gasteiger partial charge in [0.1, 0.15) is 5.82 Å². The Morgan fingerprint density at radius 1 is 1.26 bits per heavy atom. The Balaban J connectivity index is 2.00. The lowest BCUT2D eigenvalue weighted by molar-refractivity contribution is 0.175. The molecule has 1 unspecified atom stereocenters. The van der Waals surface area contributed by atoms with Crippen molar-refractivity contribution in [2.24, 2.45) is 0 Å². The molecule has 1 fully saturated rings. The van der Waals surface area contributed by atoms with Crippen LogP contribution in [-0.4, -0.2) is 31.6 Å². The van der Waals surface area contributed by atoms with Crippen LogP contribution in [-0.2, 0) is 0 Å². The van der Waals surface area contributed by atoms with Gasteiger partial charge in [0.05, 0.1) is 0 Å². The summed E-state index contributed by atoms with van der Waals surface area (Å²) in [5.41, 5.74) is 0.771. The van der Waals surface area contributed by atoms with Crippen molar-refractivity contribution in [1.29, 1.82) is 0 Å². The Kier molecular flexibility index (Phi) is 5.34. The molecule has 0 aromatic heterocycles. The first kappa shape index (κ1) is 14.5. The van der Waals surface area contributed by atoms with Crippen LogP contribution < -0.4 is 5.32 Å². The van der Waals surface area contributed by atoms with Gasteiger partial charge in [0, 0.05) is 24.2 Å². The second-order valence-electron chi connectivity index (χ2n) is 5.59. The van der Waals surface area contributed by atoms with Gasteiger partial charge in [-0.15, -0.1) is 0 Å². The highest BCUT2D eigenvalue weighted by atomic mass is 19.1. The molecule has 106 valence electrons. The summed E-state index contributed by atoms with van der Waals surface area (Å²) in [5, 5.41) is 3.25. The van der Waals surface area contributed by atoms with Crippen molar-refractivity contribution in [1.82, 2.24) is 10.2 Å². The van der Waals surface area contributed by atoms with Crippen LogP contribution in [0.25, 0.3) is 0 Å². The van der Waals surface area contributed by atoms with E-state index in [9.17, 15) is 4.39 Å². The van der Waals surface area contributed by atoms with E-state index in [-0.39, 0.29) is 11.9 Å². The molecule has 1 aromatic carbocycles. The molecule has 0 saturated heterocycles. The Bertz CT molecular complexity index is 388. The number of rotatable bonds is 5. The molecule has 0 radical (unpaired) electrons. The number of hydrogen-bond acceptors (Lipinski definition) is 2. The molecule has 1 aliphatic carbocycles. The van der Waals surface area contributed by atoms with E-state index in [1.807, 2.05) is 19.2 Å². The highest BCUT2D eigenvalue weighted by Crippen LogP contribution is 2.24. The Hall–Kier alpha value is -0.930. The number of nitrogens with zero attached hydrogens (tertiary/aromatic N) is 1. The minimum absolute atomic E-state index is 0.0631. The average molecular weight is 264 g/mol. The van der Waals surface area contributed by atoms with E-state index < -0.39 is 0 Å². The lowest BCUT2D eigenvalue weighted by Crippen LogP contribution is -2.39. The second-order valence-corrected chi connectivity index (χ2v) is 5.59. The molecule has 2 nitrogen and oxygen atoms in total. The molecule has 0 amide bonds. The maximum atomic E-state index is 13.9. The van der Waals surface area contributed by atoms with Gasteiger partial charge in [0.25, 0.3) is 0 Å². The summed E-state index contributed by atoms with van der Waals surface area (Å²) >= 11 is 0. The molecule has 1 atom stereocenters. The first-order valence-electron chi connectivity index (χ1n) is 7.34. The third-order valence-electron chi connectivity index (χ3n) is 4.30. The van der Waals surface area contributed by atoms with Crippen LogP contribution in [0.15, 0.2) is 24.3 Å². The van der Waals surface area contributed by atoms with E-state index in [1.54, 1.807) is 12.1 Å². The number of nitrogens with one attached hydrogen (secondary N) is 1. The fourth-order valence-electron chi connectivity index (χ4n) is 3.06. The smallest absolute Gasteiger partial charge is 0.128 e. The van der Waals surface area contributed by atoms with Gasteiger partial charge < -0.3 is 10.2 Å². The topological polar surface area (TPSA) is 15.3 Å². The fraction of sp³-hybridized carbons (Fsp3) is 0.625. The largest absolute Gasteiger partial charge is 0.312 e. The summed E-state index contributed by atoms with van der Waals surface area (Å²) in [5.74, 6) is -0.112. The summed E-state index contributed by atoms with van der Waals surface area (Å²) in [4.78, 5) is 2.40. The van der Waals surface area contributed by atoms with Crippen molar-refractivity contribution in [2.75, 3.05) is 20.6 Å². The molecule has 0 aliphatic heterocycles. The zero-order valence-corrected chi connectivity index (χ0v) is 12.0. The van der Waals surface area contributed by atoms with Crippen LogP contribution in [0, 0.1) is 5.82 Å². The third-order valence-corrected chi connectivity index (χ3v) is 4.30. The Labute approximate surface area is 116 Å². The van der Waals surface area contributed by atoms with Gasteiger partial charge in [-0.2, -0.15) is 0 Å². The molecule has 3 heteroatoms. The van der Waals surface area contributed by atoms with Gasteiger partial charge >= 0.3 is 0 Å². The van der Waals surface area contributed by atoms with Crippen LogP contribution >= 0.6 is 0 Å². The lowest BCUT2D eigenvalue weighted by atomic mass is 9.94. The van der Waals surface area contributed by atoms with Crippen molar-refractivity contribution in [2.45, 2.75) is 44.2 Å². The Morgan fingerprint density at radius 2 is 1.95 bits per heavy atom. The molecule has 1 aromatic rings. The minimum Gasteiger partial charge on any atom is -0.312 e. The monoisotopic (exact) mass is 264 g/mol. The van der Waals surface area contributed by atoms with Gasteiger partial charge in [-0.1, -0.05) is 37.5 Å². The number of benzene rings is 1. The summed E-state index contributed by atoms with van der Waals surface area (Å²) in [6.07, 6.45) is 6.60. The molecule has 2 rings (SSSR count). The molecule has 1 saturated carbocycles. The summed E-state index contributed by atoms with van der Waals surface area (Å²) < 4.78 is 13.9. The van der Waals surface area contributed by atoms with Crippen molar-refractivity contribution in [3.05, 3.63) is 35.6 Å². The minimum atomic E-state index is -0.112. The second kappa shape index (κ2) is 7.01. The highest BCUT2D eigenvalue weighted by Gasteiger charge is 2.22. The normalized spacial score (nSPS) is 18.7. The zero-order chi connectivity index (χ0) is 13.7. The van der Waals surface area contributed by atoms with Crippen molar-refractivity contribution >= 4 is 0 Å². The van der Waals surface area contributed by atoms with Gasteiger partial charge in [0.2, 0.25) is 0 Å². The van der Waals surface area contributed by atoms with Crippen molar-refractivity contribution in [3.63, 3.8) is 0 Å². The number of halogens is 1. The van der Waals surface area contributed by atoms with Crippen LogP contribution in [0.5, 0.6) is 0 Å². The summed E-state index contributed by atoms with van der Waals surface area (Å²) in [6, 6.07) is 7.80. The van der Waals surface area contributed by atoms with Gasteiger partial charge in [-0.3, -0.25) is 0 Å². The summed E-state index contributed by atoms with van der Waals surface area (Å²) in [6.45, 7) is 0.863. The SMILES string of the molecule is CNC(CN(C)C1CCCCC1)c1ccccc1F. The third kappa shape index (κ3) is 3.77. The van der Waals surface area contributed by atoms with E-state index in [2.05, 4.69) is 17.3 Å². The first-order chi connectivity index (χ1) is 9.22. The fourth-order valence-corrected chi connectivity index (χ4v) is 3.06. The molecule has 1 aliphatic rings. The predicted octanol–water partition coefficient (Wildman–Crippen LogP) is 3.35. The molecule has 0 bridgehead atoms. The maximum absolute atomic E-state index is 13.9. The van der Waals surface area contributed by atoms with Crippen LogP contribution in [0.1, 0.15) is 43.7 Å². The van der Waals surface area contributed by atoms with E-state index >= 15 is 0 Å². The van der Waals surface area contributed by atoms with Gasteiger partial charge in [-0.25, -0.2) is 4.39 Å². The van der Waals surface area contributed by atoms with Gasteiger partial charge in [-0.05, 0) is 33.0 Å². The van der Waals surface area contributed by atoms with E-state index in [0.29, 0.717) is 6.04 Å². The van der Waals surface area contributed by atoms with E-state index in [1.165, 1.54) is 32.1 Å². The molecule has 0 spiro atoms. The number of likely N-dealkylation sites (N-methyl/N-ethyl adjacent to an activating group) is 2.